The molecule has 2 rings (SSSR count). The van der Waals surface area contributed by atoms with E-state index in [1.54, 1.807) is 0 Å². The molecule has 4 heteroatoms. The molecule has 1 aromatic carbocycles. The first-order chi connectivity index (χ1) is 9.70. The topological polar surface area (TPSA) is 65.1 Å². The Kier molecular flexibility index (Phi) is 5.18. The predicted molar refractivity (Wildman–Crippen MR) is 80.5 cm³/mol. The fraction of sp³-hybridized carbons (Fsp3) is 0.438. The Morgan fingerprint density at radius 2 is 2.20 bits per heavy atom. The number of rotatable bonds is 7. The predicted octanol–water partition coefficient (Wildman–Crippen LogP) is 2.38. The van der Waals surface area contributed by atoms with Gasteiger partial charge in [0.05, 0.1) is 6.10 Å². The highest BCUT2D eigenvalue weighted by Crippen LogP contribution is 2.18. The molecule has 0 fully saturated rings. The first-order valence-corrected chi connectivity index (χ1v) is 7.20. The molecule has 0 saturated carbocycles. The highest BCUT2D eigenvalue weighted by atomic mass is 16.3. The molecule has 0 aliphatic carbocycles. The second-order valence-corrected chi connectivity index (χ2v) is 5.06. The summed E-state index contributed by atoms with van der Waals surface area (Å²) in [5.41, 5.74) is 2.28. The molecule has 2 aromatic rings. The number of benzene rings is 1. The largest absolute Gasteiger partial charge is 0.393 e. The average molecular weight is 274 g/mol. The maximum atomic E-state index is 11.7. The van der Waals surface area contributed by atoms with Gasteiger partial charge in [-0.1, -0.05) is 25.1 Å². The van der Waals surface area contributed by atoms with Crippen LogP contribution in [0.2, 0.25) is 0 Å². The van der Waals surface area contributed by atoms with Crippen LogP contribution in [0, 0.1) is 0 Å². The van der Waals surface area contributed by atoms with Gasteiger partial charge in [-0.15, -0.1) is 0 Å². The van der Waals surface area contributed by atoms with E-state index in [0.717, 1.165) is 18.4 Å². The van der Waals surface area contributed by atoms with Crippen LogP contribution in [0.5, 0.6) is 0 Å². The molecular weight excluding hydrogens is 252 g/mol. The Hall–Kier alpha value is -1.81. The van der Waals surface area contributed by atoms with Gasteiger partial charge in [0, 0.05) is 30.1 Å². The highest BCUT2D eigenvalue weighted by molar-refractivity contribution is 5.84. The zero-order valence-corrected chi connectivity index (χ0v) is 11.9. The van der Waals surface area contributed by atoms with Crippen molar-refractivity contribution in [2.24, 2.45) is 0 Å². The molecule has 0 bridgehead atoms. The normalized spacial score (nSPS) is 12.5. The van der Waals surface area contributed by atoms with Crippen molar-refractivity contribution in [2.45, 2.75) is 38.7 Å². The highest BCUT2D eigenvalue weighted by Gasteiger charge is 2.07. The minimum absolute atomic E-state index is 0.0404. The molecular formula is C16H22N2O2. The number of hydrogen-bond acceptors (Lipinski definition) is 2. The van der Waals surface area contributed by atoms with Crippen LogP contribution in [0.25, 0.3) is 10.9 Å². The molecule has 1 unspecified atom stereocenters. The third-order valence-corrected chi connectivity index (χ3v) is 3.57. The number of hydrogen-bond donors (Lipinski definition) is 3. The van der Waals surface area contributed by atoms with Crippen molar-refractivity contribution in [1.82, 2.24) is 10.3 Å². The van der Waals surface area contributed by atoms with Gasteiger partial charge in [-0.2, -0.15) is 0 Å². The third-order valence-electron chi connectivity index (χ3n) is 3.57. The van der Waals surface area contributed by atoms with Crippen LogP contribution in [-0.4, -0.2) is 28.6 Å². The van der Waals surface area contributed by atoms with Crippen LogP contribution >= 0.6 is 0 Å². The van der Waals surface area contributed by atoms with Gasteiger partial charge in [0.15, 0.2) is 0 Å². The number of aromatic amines is 1. The molecule has 0 spiro atoms. The van der Waals surface area contributed by atoms with Crippen LogP contribution < -0.4 is 5.32 Å². The van der Waals surface area contributed by atoms with Gasteiger partial charge >= 0.3 is 0 Å². The second-order valence-electron chi connectivity index (χ2n) is 5.06. The average Bonchev–Trinajstić information content (AvgIpc) is 2.88. The van der Waals surface area contributed by atoms with Crippen molar-refractivity contribution < 1.29 is 9.90 Å². The first-order valence-electron chi connectivity index (χ1n) is 7.20. The first kappa shape index (κ1) is 14.6. The summed E-state index contributed by atoms with van der Waals surface area (Å²) in [5, 5.41) is 13.4. The minimum Gasteiger partial charge on any atom is -0.393 e. The number of para-hydroxylation sites is 1. The zero-order valence-electron chi connectivity index (χ0n) is 11.9. The Morgan fingerprint density at radius 3 is 3.00 bits per heavy atom. The van der Waals surface area contributed by atoms with E-state index >= 15 is 0 Å². The minimum atomic E-state index is -0.316. The molecule has 0 saturated heterocycles. The fourth-order valence-electron chi connectivity index (χ4n) is 2.26. The standard InChI is InChI=1S/C16H22N2O2/c1-2-13(19)9-10-17-16(20)8-7-12-11-18-15-6-4-3-5-14(12)15/h3-6,11,13,18-19H,2,7-10H2,1H3,(H,17,20). The van der Waals surface area contributed by atoms with Gasteiger partial charge in [0.2, 0.25) is 5.91 Å². The number of fused-ring (bicyclic) bond motifs is 1. The summed E-state index contributed by atoms with van der Waals surface area (Å²) in [4.78, 5) is 15.0. The summed E-state index contributed by atoms with van der Waals surface area (Å²) in [6.07, 6.45) is 4.21. The molecule has 0 aliphatic rings. The lowest BCUT2D eigenvalue weighted by Crippen LogP contribution is -2.27. The third kappa shape index (κ3) is 3.84. The Labute approximate surface area is 119 Å². The van der Waals surface area contributed by atoms with Crippen molar-refractivity contribution >= 4 is 16.8 Å². The van der Waals surface area contributed by atoms with E-state index in [0.29, 0.717) is 19.4 Å². The lowest BCUT2D eigenvalue weighted by Gasteiger charge is -2.08. The molecule has 108 valence electrons. The maximum Gasteiger partial charge on any atom is 0.220 e. The SMILES string of the molecule is CCC(O)CCNC(=O)CCc1c[nH]c2ccccc12. The van der Waals surface area contributed by atoms with Gasteiger partial charge in [-0.05, 0) is 30.9 Å². The van der Waals surface area contributed by atoms with Crippen molar-refractivity contribution in [3.8, 4) is 0 Å². The number of aliphatic hydroxyl groups excluding tert-OH is 1. The molecule has 1 atom stereocenters. The lowest BCUT2D eigenvalue weighted by atomic mass is 10.1. The van der Waals surface area contributed by atoms with E-state index < -0.39 is 0 Å². The van der Waals surface area contributed by atoms with E-state index in [2.05, 4.69) is 16.4 Å². The number of carbonyl (C=O) groups excluding carboxylic acids is 1. The fourth-order valence-corrected chi connectivity index (χ4v) is 2.26. The van der Waals surface area contributed by atoms with Crippen molar-refractivity contribution in [1.29, 1.82) is 0 Å². The summed E-state index contributed by atoms with van der Waals surface area (Å²) < 4.78 is 0. The summed E-state index contributed by atoms with van der Waals surface area (Å²) >= 11 is 0. The van der Waals surface area contributed by atoms with Crippen LogP contribution in [0.3, 0.4) is 0 Å². The van der Waals surface area contributed by atoms with Crippen LogP contribution in [0.4, 0.5) is 0 Å². The Morgan fingerprint density at radius 1 is 1.40 bits per heavy atom. The number of H-pyrrole nitrogens is 1. The van der Waals surface area contributed by atoms with Gasteiger partial charge in [0.1, 0.15) is 0 Å². The molecule has 4 nitrogen and oxygen atoms in total. The van der Waals surface area contributed by atoms with Gasteiger partial charge in [-0.3, -0.25) is 4.79 Å². The second kappa shape index (κ2) is 7.10. The van der Waals surface area contributed by atoms with Crippen LogP contribution in [0.15, 0.2) is 30.5 Å². The quantitative estimate of drug-likeness (QED) is 0.725. The molecule has 3 N–H and O–H groups in total. The molecule has 1 heterocycles. The Balaban J connectivity index is 1.79. The lowest BCUT2D eigenvalue weighted by molar-refractivity contribution is -0.121. The van der Waals surface area contributed by atoms with Crippen molar-refractivity contribution in [2.75, 3.05) is 6.54 Å². The Bertz CT molecular complexity index is 562. The van der Waals surface area contributed by atoms with E-state index in [4.69, 9.17) is 0 Å². The number of aromatic nitrogens is 1. The summed E-state index contributed by atoms with van der Waals surface area (Å²) in [7, 11) is 0. The number of aliphatic hydroxyl groups is 1. The summed E-state index contributed by atoms with van der Waals surface area (Å²) in [6, 6.07) is 8.10. The number of carbonyl (C=O) groups is 1. The number of amides is 1. The van der Waals surface area contributed by atoms with Crippen LogP contribution in [0.1, 0.15) is 31.7 Å². The van der Waals surface area contributed by atoms with Gasteiger partial charge in [-0.25, -0.2) is 0 Å². The van der Waals surface area contributed by atoms with E-state index in [1.165, 1.54) is 10.9 Å². The van der Waals surface area contributed by atoms with E-state index in [-0.39, 0.29) is 12.0 Å². The monoisotopic (exact) mass is 274 g/mol. The molecule has 0 radical (unpaired) electrons. The van der Waals surface area contributed by atoms with Crippen molar-refractivity contribution in [3.05, 3.63) is 36.0 Å². The molecule has 20 heavy (non-hydrogen) atoms. The maximum absolute atomic E-state index is 11.7. The number of aryl methyl sites for hydroxylation is 1. The summed E-state index contributed by atoms with van der Waals surface area (Å²) in [6.45, 7) is 2.48. The smallest absolute Gasteiger partial charge is 0.220 e. The zero-order chi connectivity index (χ0) is 14.4. The number of nitrogens with one attached hydrogen (secondary N) is 2. The van der Waals surface area contributed by atoms with Crippen LogP contribution in [-0.2, 0) is 11.2 Å². The summed E-state index contributed by atoms with van der Waals surface area (Å²) in [5.74, 6) is 0.0404. The molecule has 1 amide bonds. The van der Waals surface area contributed by atoms with Crippen molar-refractivity contribution in [3.63, 3.8) is 0 Å². The van der Waals surface area contributed by atoms with E-state index in [1.807, 2.05) is 31.3 Å². The molecule has 0 aliphatic heterocycles. The van der Waals surface area contributed by atoms with Gasteiger partial charge < -0.3 is 15.4 Å². The van der Waals surface area contributed by atoms with E-state index in [9.17, 15) is 9.90 Å². The molecule has 1 aromatic heterocycles. The van der Waals surface area contributed by atoms with Gasteiger partial charge in [0.25, 0.3) is 0 Å².